The monoisotopic (exact) mass is 297 g/mol. The Bertz CT molecular complexity index is 468. The second-order valence-corrected chi connectivity index (χ2v) is 5.50. The molecule has 0 aliphatic rings. The van der Waals surface area contributed by atoms with Gasteiger partial charge in [-0.15, -0.1) is 0 Å². The van der Waals surface area contributed by atoms with Gasteiger partial charge in [-0.1, -0.05) is 24.1 Å². The molecule has 112 valence electrons. The summed E-state index contributed by atoms with van der Waals surface area (Å²) in [7, 11) is 1.61. The molecule has 0 heterocycles. The average molecular weight is 298 g/mol. The van der Waals surface area contributed by atoms with E-state index in [0.29, 0.717) is 17.4 Å². The van der Waals surface area contributed by atoms with Gasteiger partial charge in [-0.2, -0.15) is 0 Å². The van der Waals surface area contributed by atoms with Gasteiger partial charge in [-0.25, -0.2) is 0 Å². The second kappa shape index (κ2) is 8.18. The highest BCUT2D eigenvalue weighted by Gasteiger charge is 2.14. The van der Waals surface area contributed by atoms with Gasteiger partial charge in [0, 0.05) is 22.7 Å². The van der Waals surface area contributed by atoms with Crippen molar-refractivity contribution in [3.63, 3.8) is 0 Å². The van der Waals surface area contributed by atoms with Crippen LogP contribution in [0.5, 0.6) is 11.5 Å². The van der Waals surface area contributed by atoms with Gasteiger partial charge >= 0.3 is 0 Å². The highest BCUT2D eigenvalue weighted by Crippen LogP contribution is 2.35. The first-order chi connectivity index (χ1) is 9.47. The van der Waals surface area contributed by atoms with Crippen molar-refractivity contribution in [3.05, 3.63) is 34.4 Å². The van der Waals surface area contributed by atoms with Crippen LogP contribution in [0.4, 0.5) is 0 Å². The van der Waals surface area contributed by atoms with Crippen LogP contribution >= 0.6 is 11.6 Å². The van der Waals surface area contributed by atoms with Crippen molar-refractivity contribution in [2.24, 2.45) is 5.73 Å². The topological polar surface area (TPSA) is 44.5 Å². The Morgan fingerprint density at radius 3 is 2.65 bits per heavy atom. The molecule has 0 aliphatic carbocycles. The molecule has 1 aromatic carbocycles. The van der Waals surface area contributed by atoms with Crippen LogP contribution in [0.2, 0.25) is 5.02 Å². The predicted molar refractivity (Wildman–Crippen MR) is 84.9 cm³/mol. The Morgan fingerprint density at radius 2 is 2.10 bits per heavy atom. The van der Waals surface area contributed by atoms with Crippen molar-refractivity contribution in [2.75, 3.05) is 13.7 Å². The molecule has 0 fully saturated rings. The number of nitrogens with two attached hydrogens (primary N) is 1. The van der Waals surface area contributed by atoms with Crippen LogP contribution in [-0.4, -0.2) is 19.8 Å². The third-order valence-corrected chi connectivity index (χ3v) is 3.26. The van der Waals surface area contributed by atoms with E-state index in [1.807, 2.05) is 26.0 Å². The molecule has 2 N–H and O–H groups in total. The van der Waals surface area contributed by atoms with Gasteiger partial charge in [0.15, 0.2) is 11.5 Å². The summed E-state index contributed by atoms with van der Waals surface area (Å²) >= 11 is 6.12. The fourth-order valence-corrected chi connectivity index (χ4v) is 2.04. The van der Waals surface area contributed by atoms with Crippen molar-refractivity contribution in [2.45, 2.75) is 39.7 Å². The smallest absolute Gasteiger partial charge is 0.164 e. The Hall–Kier alpha value is -1.19. The van der Waals surface area contributed by atoms with E-state index < -0.39 is 0 Å². The molecule has 0 aliphatic heterocycles. The molecule has 4 heteroatoms. The maximum Gasteiger partial charge on any atom is 0.164 e. The van der Waals surface area contributed by atoms with E-state index in [9.17, 15) is 0 Å². The zero-order valence-corrected chi connectivity index (χ0v) is 13.5. The van der Waals surface area contributed by atoms with Gasteiger partial charge in [0.05, 0.1) is 7.11 Å². The minimum absolute atomic E-state index is 0.0870. The SMILES string of the molecule is CCC(N)Cc1cc(Cl)cc(OC)c1OCC=C(C)C. The molecule has 0 saturated heterocycles. The van der Waals surface area contributed by atoms with Crippen LogP contribution in [-0.2, 0) is 6.42 Å². The largest absolute Gasteiger partial charge is 0.493 e. The quantitative estimate of drug-likeness (QED) is 0.774. The molecule has 20 heavy (non-hydrogen) atoms. The highest BCUT2D eigenvalue weighted by molar-refractivity contribution is 6.30. The Balaban J connectivity index is 3.05. The van der Waals surface area contributed by atoms with Crippen LogP contribution in [0.1, 0.15) is 32.8 Å². The lowest BCUT2D eigenvalue weighted by Gasteiger charge is -2.17. The second-order valence-electron chi connectivity index (χ2n) is 5.06. The van der Waals surface area contributed by atoms with Crippen molar-refractivity contribution in [1.29, 1.82) is 0 Å². The van der Waals surface area contributed by atoms with Crippen molar-refractivity contribution in [1.82, 2.24) is 0 Å². The number of hydrogen-bond acceptors (Lipinski definition) is 3. The summed E-state index contributed by atoms with van der Waals surface area (Å²) < 4.78 is 11.2. The summed E-state index contributed by atoms with van der Waals surface area (Å²) in [6, 6.07) is 3.75. The molecule has 0 amide bonds. The summed E-state index contributed by atoms with van der Waals surface area (Å²) in [6.07, 6.45) is 3.65. The van der Waals surface area contributed by atoms with E-state index in [4.69, 9.17) is 26.8 Å². The fraction of sp³-hybridized carbons (Fsp3) is 0.500. The lowest BCUT2D eigenvalue weighted by Crippen LogP contribution is -2.22. The van der Waals surface area contributed by atoms with Crippen molar-refractivity contribution < 1.29 is 9.47 Å². The van der Waals surface area contributed by atoms with Crippen molar-refractivity contribution >= 4 is 11.6 Å². The summed E-state index contributed by atoms with van der Waals surface area (Å²) in [4.78, 5) is 0. The van der Waals surface area contributed by atoms with E-state index in [2.05, 4.69) is 6.92 Å². The van der Waals surface area contributed by atoms with Gasteiger partial charge in [0.25, 0.3) is 0 Å². The highest BCUT2D eigenvalue weighted by atomic mass is 35.5. The van der Waals surface area contributed by atoms with Crippen LogP contribution in [0, 0.1) is 0 Å². The van der Waals surface area contributed by atoms with E-state index in [0.717, 1.165) is 24.2 Å². The Kier molecular flexibility index (Phi) is 6.89. The van der Waals surface area contributed by atoms with Crippen LogP contribution in [0.3, 0.4) is 0 Å². The molecule has 1 aromatic rings. The molecular formula is C16H24ClNO2. The van der Waals surface area contributed by atoms with Gasteiger partial charge in [0.2, 0.25) is 0 Å². The maximum atomic E-state index is 6.12. The zero-order chi connectivity index (χ0) is 15.1. The number of halogens is 1. The lowest BCUT2D eigenvalue weighted by atomic mass is 10.0. The molecule has 0 saturated carbocycles. The molecule has 0 radical (unpaired) electrons. The number of hydrogen-bond donors (Lipinski definition) is 1. The normalized spacial score (nSPS) is 11.9. The van der Waals surface area contributed by atoms with Crippen LogP contribution < -0.4 is 15.2 Å². The van der Waals surface area contributed by atoms with E-state index in [-0.39, 0.29) is 6.04 Å². The van der Waals surface area contributed by atoms with E-state index in [1.165, 1.54) is 5.57 Å². The van der Waals surface area contributed by atoms with Crippen LogP contribution in [0.25, 0.3) is 0 Å². The molecule has 1 rings (SSSR count). The number of allylic oxidation sites excluding steroid dienone is 1. The van der Waals surface area contributed by atoms with E-state index in [1.54, 1.807) is 13.2 Å². The average Bonchev–Trinajstić information content (AvgIpc) is 2.39. The maximum absolute atomic E-state index is 6.12. The summed E-state index contributed by atoms with van der Waals surface area (Å²) in [5.74, 6) is 1.39. The summed E-state index contributed by atoms with van der Waals surface area (Å²) in [5, 5.41) is 0.634. The number of methoxy groups -OCH3 is 1. The molecule has 0 spiro atoms. The van der Waals surface area contributed by atoms with Gasteiger partial charge in [0.1, 0.15) is 6.61 Å². The standard InChI is InChI=1S/C16H24ClNO2/c1-5-14(18)9-12-8-13(17)10-15(19-4)16(12)20-7-6-11(2)3/h6,8,10,14H,5,7,9,18H2,1-4H3. The molecule has 1 atom stereocenters. The minimum atomic E-state index is 0.0870. The first kappa shape index (κ1) is 16.9. The predicted octanol–water partition coefficient (Wildman–Crippen LogP) is 3.97. The fourth-order valence-electron chi connectivity index (χ4n) is 1.81. The van der Waals surface area contributed by atoms with Crippen LogP contribution in [0.15, 0.2) is 23.8 Å². The molecule has 3 nitrogen and oxygen atoms in total. The van der Waals surface area contributed by atoms with Gasteiger partial charge in [-0.05, 0) is 38.8 Å². The van der Waals surface area contributed by atoms with Crippen molar-refractivity contribution in [3.8, 4) is 11.5 Å². The lowest BCUT2D eigenvalue weighted by molar-refractivity contribution is 0.321. The molecular weight excluding hydrogens is 274 g/mol. The molecule has 0 aromatic heterocycles. The number of ether oxygens (including phenoxy) is 2. The zero-order valence-electron chi connectivity index (χ0n) is 12.7. The first-order valence-corrected chi connectivity index (χ1v) is 7.23. The Labute approximate surface area is 126 Å². The summed E-state index contributed by atoms with van der Waals surface area (Å²) in [6.45, 7) is 6.65. The third-order valence-electron chi connectivity index (χ3n) is 3.04. The molecule has 0 bridgehead atoms. The first-order valence-electron chi connectivity index (χ1n) is 6.86. The Morgan fingerprint density at radius 1 is 1.40 bits per heavy atom. The van der Waals surface area contributed by atoms with E-state index >= 15 is 0 Å². The number of rotatable bonds is 7. The third kappa shape index (κ3) is 5.06. The number of benzene rings is 1. The minimum Gasteiger partial charge on any atom is -0.493 e. The molecule has 1 unspecified atom stereocenters. The summed E-state index contributed by atoms with van der Waals surface area (Å²) in [5.41, 5.74) is 8.25. The van der Waals surface area contributed by atoms with Gasteiger partial charge in [-0.3, -0.25) is 0 Å². The van der Waals surface area contributed by atoms with Gasteiger partial charge < -0.3 is 15.2 Å².